The first kappa shape index (κ1) is 25.0. The van der Waals surface area contributed by atoms with Crippen molar-refractivity contribution < 1.29 is 21.6 Å². The van der Waals surface area contributed by atoms with Gasteiger partial charge in [-0.25, -0.2) is 16.8 Å². The van der Waals surface area contributed by atoms with E-state index in [1.165, 1.54) is 0 Å². The zero-order chi connectivity index (χ0) is 21.4. The lowest BCUT2D eigenvalue weighted by Gasteiger charge is -2.15. The molecule has 1 rings (SSSR count). The third-order valence-electron chi connectivity index (χ3n) is 4.27. The minimum atomic E-state index is -3.26. The highest BCUT2D eigenvalue weighted by Gasteiger charge is 2.17. The summed E-state index contributed by atoms with van der Waals surface area (Å²) in [7, 11) is -6.47. The number of sulfone groups is 2. The molecule has 4 N–H and O–H groups in total. The van der Waals surface area contributed by atoms with Gasteiger partial charge in [0.2, 0.25) is 5.91 Å². The topological polar surface area (TPSA) is 137 Å². The molecule has 11 heteroatoms. The summed E-state index contributed by atoms with van der Waals surface area (Å²) in [6.45, 7) is 0. The molecule has 0 saturated carbocycles. The molecule has 0 spiro atoms. The number of benzene rings is 1. The van der Waals surface area contributed by atoms with Gasteiger partial charge in [-0.15, -0.1) is 23.2 Å². The molecule has 1 aromatic rings. The largest absolute Gasteiger partial charge is 0.398 e. The molecule has 160 valence electrons. The Morgan fingerprint density at radius 3 is 1.82 bits per heavy atom. The standard InChI is InChI=1S/C17H26Cl2N2O5S2/c18-7-11-27(23,24)9-1-3-13-5-6-15(17(21)22)14(16(13)20)4-2-10-28(25,26)12-8-19/h5-6H,1-4,7-12,20H2,(H2,21,22). The summed E-state index contributed by atoms with van der Waals surface area (Å²) in [6, 6.07) is 3.20. The fourth-order valence-corrected chi connectivity index (χ4v) is 6.28. The molecule has 0 radical (unpaired) electrons. The molecule has 0 bridgehead atoms. The van der Waals surface area contributed by atoms with Gasteiger partial charge in [-0.3, -0.25) is 4.79 Å². The van der Waals surface area contributed by atoms with Crippen molar-refractivity contribution in [2.75, 3.05) is 40.5 Å². The predicted octanol–water partition coefficient (Wildman–Crippen LogP) is 1.54. The Labute approximate surface area is 176 Å². The van der Waals surface area contributed by atoms with Crippen LogP contribution < -0.4 is 11.5 Å². The van der Waals surface area contributed by atoms with Gasteiger partial charge >= 0.3 is 0 Å². The zero-order valence-electron chi connectivity index (χ0n) is 15.5. The molecule has 0 aliphatic heterocycles. The highest BCUT2D eigenvalue weighted by atomic mass is 35.5. The van der Waals surface area contributed by atoms with Gasteiger partial charge < -0.3 is 11.5 Å². The van der Waals surface area contributed by atoms with Crippen LogP contribution in [-0.4, -0.2) is 57.5 Å². The lowest BCUT2D eigenvalue weighted by atomic mass is 9.95. The van der Waals surface area contributed by atoms with Crippen LogP contribution in [0.15, 0.2) is 12.1 Å². The van der Waals surface area contributed by atoms with Crippen LogP contribution in [0, 0.1) is 0 Å². The summed E-state index contributed by atoms with van der Waals surface area (Å²) < 4.78 is 47.1. The van der Waals surface area contributed by atoms with E-state index in [0.717, 1.165) is 0 Å². The maximum absolute atomic E-state index is 11.8. The second kappa shape index (κ2) is 11.2. The molecular weight excluding hydrogens is 447 g/mol. The van der Waals surface area contributed by atoms with Crippen LogP contribution in [0.2, 0.25) is 0 Å². The zero-order valence-corrected chi connectivity index (χ0v) is 18.6. The molecule has 0 unspecified atom stereocenters. The van der Waals surface area contributed by atoms with Crippen molar-refractivity contribution in [2.45, 2.75) is 25.7 Å². The molecule has 7 nitrogen and oxygen atoms in total. The van der Waals surface area contributed by atoms with Crippen LogP contribution in [0.5, 0.6) is 0 Å². The Morgan fingerprint density at radius 1 is 0.857 bits per heavy atom. The third kappa shape index (κ3) is 8.14. The number of aryl methyl sites for hydroxylation is 1. The quantitative estimate of drug-likeness (QED) is 0.329. The van der Waals surface area contributed by atoms with Gasteiger partial charge in [-0.1, -0.05) is 6.07 Å². The van der Waals surface area contributed by atoms with Crippen LogP contribution in [0.3, 0.4) is 0 Å². The van der Waals surface area contributed by atoms with E-state index in [9.17, 15) is 21.6 Å². The normalized spacial score (nSPS) is 12.2. The minimum absolute atomic E-state index is 0.0112. The van der Waals surface area contributed by atoms with Gasteiger partial charge in [0.05, 0.1) is 23.0 Å². The lowest BCUT2D eigenvalue weighted by Crippen LogP contribution is -2.18. The van der Waals surface area contributed by atoms with E-state index in [0.29, 0.717) is 29.7 Å². The summed E-state index contributed by atoms with van der Waals surface area (Å²) in [5, 5.41) is 0. The average Bonchev–Trinajstić information content (AvgIpc) is 2.57. The molecule has 0 aliphatic rings. The SMILES string of the molecule is NC(=O)c1ccc(CCCS(=O)(=O)CCCl)c(N)c1CCCS(=O)(=O)CCCl. The first-order valence-electron chi connectivity index (χ1n) is 8.76. The van der Waals surface area contributed by atoms with Gasteiger partial charge in [0, 0.05) is 23.0 Å². The van der Waals surface area contributed by atoms with E-state index in [4.69, 9.17) is 34.7 Å². The van der Waals surface area contributed by atoms with Gasteiger partial charge in [-0.05, 0) is 42.9 Å². The van der Waals surface area contributed by atoms with Crippen molar-refractivity contribution in [1.82, 2.24) is 0 Å². The van der Waals surface area contributed by atoms with Crippen molar-refractivity contribution in [3.05, 3.63) is 28.8 Å². The minimum Gasteiger partial charge on any atom is -0.398 e. The maximum Gasteiger partial charge on any atom is 0.249 e. The highest BCUT2D eigenvalue weighted by Crippen LogP contribution is 2.25. The molecular formula is C17H26Cl2N2O5S2. The van der Waals surface area contributed by atoms with Crippen LogP contribution in [0.1, 0.15) is 34.3 Å². The van der Waals surface area contributed by atoms with Gasteiger partial charge in [-0.2, -0.15) is 0 Å². The number of hydrogen-bond acceptors (Lipinski definition) is 6. The second-order valence-electron chi connectivity index (χ2n) is 6.42. The molecule has 0 aromatic heterocycles. The monoisotopic (exact) mass is 472 g/mol. The molecule has 1 aromatic carbocycles. The van der Waals surface area contributed by atoms with Crippen molar-refractivity contribution in [3.63, 3.8) is 0 Å². The summed E-state index contributed by atoms with van der Waals surface area (Å²) in [6.07, 6.45) is 1.31. The van der Waals surface area contributed by atoms with Gasteiger partial charge in [0.15, 0.2) is 19.7 Å². The summed E-state index contributed by atoms with van der Waals surface area (Å²) in [4.78, 5) is 11.7. The van der Waals surface area contributed by atoms with Crippen LogP contribution in [0.4, 0.5) is 5.69 Å². The van der Waals surface area contributed by atoms with E-state index in [-0.39, 0.29) is 53.2 Å². The second-order valence-corrected chi connectivity index (χ2v) is 11.8. The summed E-state index contributed by atoms with van der Waals surface area (Å²) in [5.41, 5.74) is 13.4. The number of carbonyl (C=O) groups excluding carboxylic acids is 1. The first-order valence-corrected chi connectivity index (χ1v) is 13.5. The molecule has 0 aliphatic carbocycles. The first-order chi connectivity index (χ1) is 13.0. The molecule has 28 heavy (non-hydrogen) atoms. The van der Waals surface area contributed by atoms with Crippen molar-refractivity contribution in [3.8, 4) is 0 Å². The number of alkyl halides is 2. The number of rotatable bonds is 13. The molecule has 0 atom stereocenters. The van der Waals surface area contributed by atoms with Crippen LogP contribution in [0.25, 0.3) is 0 Å². The number of nitrogen functional groups attached to an aromatic ring is 1. The number of nitrogens with two attached hydrogens (primary N) is 2. The molecule has 0 saturated heterocycles. The van der Waals surface area contributed by atoms with E-state index in [1.54, 1.807) is 12.1 Å². The van der Waals surface area contributed by atoms with Crippen molar-refractivity contribution >= 4 is 54.5 Å². The Bertz CT molecular complexity index is 887. The van der Waals surface area contributed by atoms with Crippen LogP contribution >= 0.6 is 23.2 Å². The smallest absolute Gasteiger partial charge is 0.249 e. The fraction of sp³-hybridized carbons (Fsp3) is 0.588. The maximum atomic E-state index is 11.8. The number of hydrogen-bond donors (Lipinski definition) is 2. The predicted molar refractivity (Wildman–Crippen MR) is 115 cm³/mol. The van der Waals surface area contributed by atoms with E-state index < -0.39 is 25.6 Å². The molecule has 0 fully saturated rings. The van der Waals surface area contributed by atoms with E-state index in [2.05, 4.69) is 0 Å². The Hall–Kier alpha value is -1.03. The van der Waals surface area contributed by atoms with Gasteiger partial charge in [0.25, 0.3) is 0 Å². The highest BCUT2D eigenvalue weighted by molar-refractivity contribution is 7.91. The average molecular weight is 473 g/mol. The number of carbonyl (C=O) groups is 1. The Balaban J connectivity index is 2.92. The number of primary amides is 1. The van der Waals surface area contributed by atoms with Crippen molar-refractivity contribution in [1.29, 1.82) is 0 Å². The number of anilines is 1. The van der Waals surface area contributed by atoms with Gasteiger partial charge in [0.1, 0.15) is 0 Å². The summed E-state index contributed by atoms with van der Waals surface area (Å²) in [5.74, 6) is -0.841. The third-order valence-corrected chi connectivity index (χ3v) is 8.57. The van der Waals surface area contributed by atoms with E-state index in [1.807, 2.05) is 0 Å². The lowest BCUT2D eigenvalue weighted by molar-refractivity contribution is 0.0999. The van der Waals surface area contributed by atoms with Crippen LogP contribution in [-0.2, 0) is 32.5 Å². The van der Waals surface area contributed by atoms with Crippen molar-refractivity contribution in [2.24, 2.45) is 5.73 Å². The molecule has 1 amide bonds. The van der Waals surface area contributed by atoms with E-state index >= 15 is 0 Å². The molecule has 0 heterocycles. The summed E-state index contributed by atoms with van der Waals surface area (Å²) >= 11 is 11.0. The fourth-order valence-electron chi connectivity index (χ4n) is 2.82. The number of halogens is 2. The Kier molecular flexibility index (Phi) is 10.0. The Morgan fingerprint density at radius 2 is 1.36 bits per heavy atom. The number of amides is 1.